The van der Waals surface area contributed by atoms with Crippen LogP contribution in [0.5, 0.6) is 0 Å². The van der Waals surface area contributed by atoms with Crippen molar-refractivity contribution in [1.82, 2.24) is 5.01 Å². The summed E-state index contributed by atoms with van der Waals surface area (Å²) in [6.07, 6.45) is 5.28. The molecule has 0 unspecified atom stereocenters. The highest BCUT2D eigenvalue weighted by Gasteiger charge is 2.41. The van der Waals surface area contributed by atoms with E-state index in [4.69, 9.17) is 10.6 Å². The van der Waals surface area contributed by atoms with Crippen LogP contribution in [0.15, 0.2) is 0 Å². The molecule has 2 N–H and O–H groups in total. The zero-order chi connectivity index (χ0) is 8.55. The SMILES string of the molecule is COC[C@H]1C[C@H]2CCC[C@H]2N1N. The second kappa shape index (κ2) is 3.32. The van der Waals surface area contributed by atoms with E-state index in [0.717, 1.165) is 12.5 Å². The second-order valence-corrected chi connectivity index (χ2v) is 4.05. The lowest BCUT2D eigenvalue weighted by Gasteiger charge is -2.23. The summed E-state index contributed by atoms with van der Waals surface area (Å²) < 4.78 is 5.14. The van der Waals surface area contributed by atoms with Crippen molar-refractivity contribution >= 4 is 0 Å². The molecule has 1 heterocycles. The second-order valence-electron chi connectivity index (χ2n) is 4.05. The minimum absolute atomic E-state index is 0.477. The lowest BCUT2D eigenvalue weighted by molar-refractivity contribution is 0.0957. The molecule has 0 bridgehead atoms. The first-order valence-electron chi connectivity index (χ1n) is 4.85. The fourth-order valence-electron chi connectivity index (χ4n) is 2.77. The van der Waals surface area contributed by atoms with E-state index in [9.17, 15) is 0 Å². The molecule has 3 nitrogen and oxygen atoms in total. The standard InChI is InChI=1S/C9H18N2O/c1-12-6-8-5-7-3-2-4-9(7)11(8)10/h7-9H,2-6,10H2,1H3/t7-,8-,9-/m1/s1. The monoisotopic (exact) mass is 170 g/mol. The minimum Gasteiger partial charge on any atom is -0.383 e. The Morgan fingerprint density at radius 2 is 2.33 bits per heavy atom. The molecule has 0 amide bonds. The number of methoxy groups -OCH3 is 1. The molecule has 70 valence electrons. The van der Waals surface area contributed by atoms with Crippen molar-refractivity contribution in [2.75, 3.05) is 13.7 Å². The van der Waals surface area contributed by atoms with Gasteiger partial charge in [-0.2, -0.15) is 0 Å². The Labute approximate surface area is 73.8 Å². The number of ether oxygens (including phenoxy) is 1. The van der Waals surface area contributed by atoms with E-state index in [1.165, 1.54) is 25.7 Å². The molecule has 3 atom stereocenters. The van der Waals surface area contributed by atoms with E-state index in [2.05, 4.69) is 0 Å². The summed E-state index contributed by atoms with van der Waals surface area (Å²) in [6.45, 7) is 0.795. The van der Waals surface area contributed by atoms with Crippen molar-refractivity contribution in [2.45, 2.75) is 37.8 Å². The average molecular weight is 170 g/mol. The highest BCUT2D eigenvalue weighted by Crippen LogP contribution is 2.39. The van der Waals surface area contributed by atoms with Gasteiger partial charge in [0.15, 0.2) is 0 Å². The van der Waals surface area contributed by atoms with Crippen LogP contribution in [0.2, 0.25) is 0 Å². The van der Waals surface area contributed by atoms with E-state index in [1.54, 1.807) is 7.11 Å². The van der Waals surface area contributed by atoms with Gasteiger partial charge in [-0.15, -0.1) is 0 Å². The van der Waals surface area contributed by atoms with Gasteiger partial charge in [-0.1, -0.05) is 6.42 Å². The van der Waals surface area contributed by atoms with Gasteiger partial charge in [0.2, 0.25) is 0 Å². The van der Waals surface area contributed by atoms with Crippen LogP contribution in [0.4, 0.5) is 0 Å². The number of hydrazine groups is 1. The van der Waals surface area contributed by atoms with Gasteiger partial charge in [0.25, 0.3) is 0 Å². The molecule has 2 aliphatic rings. The molecule has 0 aromatic rings. The molecule has 1 aliphatic carbocycles. The molecule has 1 aliphatic heterocycles. The van der Waals surface area contributed by atoms with Crippen molar-refractivity contribution < 1.29 is 4.74 Å². The van der Waals surface area contributed by atoms with Crippen LogP contribution >= 0.6 is 0 Å². The lowest BCUT2D eigenvalue weighted by atomic mass is 10.0. The summed E-state index contributed by atoms with van der Waals surface area (Å²) in [5, 5.41) is 2.04. The van der Waals surface area contributed by atoms with Crippen LogP contribution in [0.3, 0.4) is 0 Å². The number of nitrogens with two attached hydrogens (primary N) is 1. The predicted molar refractivity (Wildman–Crippen MR) is 47.4 cm³/mol. The molecule has 3 heteroatoms. The number of fused-ring (bicyclic) bond motifs is 1. The number of nitrogens with zero attached hydrogens (tertiary/aromatic N) is 1. The van der Waals surface area contributed by atoms with Crippen LogP contribution in [0.1, 0.15) is 25.7 Å². The first-order chi connectivity index (χ1) is 5.83. The van der Waals surface area contributed by atoms with Gasteiger partial charge in [0, 0.05) is 19.2 Å². The molecule has 2 rings (SSSR count). The Kier molecular flexibility index (Phi) is 2.35. The maximum Gasteiger partial charge on any atom is 0.0632 e. The number of rotatable bonds is 2. The van der Waals surface area contributed by atoms with Gasteiger partial charge in [-0.3, -0.25) is 5.84 Å². The minimum atomic E-state index is 0.477. The zero-order valence-electron chi connectivity index (χ0n) is 7.70. The molecular weight excluding hydrogens is 152 g/mol. The van der Waals surface area contributed by atoms with Gasteiger partial charge in [0.05, 0.1) is 6.61 Å². The van der Waals surface area contributed by atoms with E-state index in [0.29, 0.717) is 12.1 Å². The molecule has 0 aromatic heterocycles. The smallest absolute Gasteiger partial charge is 0.0632 e. The van der Waals surface area contributed by atoms with Gasteiger partial charge >= 0.3 is 0 Å². The Hall–Kier alpha value is -0.120. The van der Waals surface area contributed by atoms with Crippen molar-refractivity contribution in [3.63, 3.8) is 0 Å². The molecular formula is C9H18N2O. The maximum atomic E-state index is 6.00. The highest BCUT2D eigenvalue weighted by molar-refractivity contribution is 4.94. The van der Waals surface area contributed by atoms with Gasteiger partial charge in [-0.25, -0.2) is 5.01 Å². The molecule has 1 saturated heterocycles. The first kappa shape index (κ1) is 8.48. The van der Waals surface area contributed by atoms with Crippen LogP contribution in [0.25, 0.3) is 0 Å². The fraction of sp³-hybridized carbons (Fsp3) is 1.00. The predicted octanol–water partition coefficient (Wildman–Crippen LogP) is 0.750. The third-order valence-corrected chi connectivity index (χ3v) is 3.36. The quantitative estimate of drug-likeness (QED) is 0.621. The summed E-state index contributed by atoms with van der Waals surface area (Å²) in [7, 11) is 1.75. The summed E-state index contributed by atoms with van der Waals surface area (Å²) in [4.78, 5) is 0. The highest BCUT2D eigenvalue weighted by atomic mass is 16.5. The molecule has 12 heavy (non-hydrogen) atoms. The van der Waals surface area contributed by atoms with Gasteiger partial charge in [-0.05, 0) is 25.2 Å². The topological polar surface area (TPSA) is 38.5 Å². The number of hydrogen-bond acceptors (Lipinski definition) is 3. The summed E-state index contributed by atoms with van der Waals surface area (Å²) in [6, 6.07) is 1.13. The van der Waals surface area contributed by atoms with Gasteiger partial charge < -0.3 is 4.74 Å². The average Bonchev–Trinajstić information content (AvgIpc) is 2.58. The normalized spacial score (nSPS) is 42.0. The third kappa shape index (κ3) is 1.26. The fourth-order valence-corrected chi connectivity index (χ4v) is 2.77. The van der Waals surface area contributed by atoms with E-state index < -0.39 is 0 Å². The van der Waals surface area contributed by atoms with Crippen LogP contribution in [-0.4, -0.2) is 30.8 Å². The molecule has 0 aromatic carbocycles. The molecule has 2 fully saturated rings. The Bertz CT molecular complexity index is 163. The van der Waals surface area contributed by atoms with E-state index in [-0.39, 0.29) is 0 Å². The maximum absolute atomic E-state index is 6.00. The Morgan fingerprint density at radius 1 is 1.50 bits per heavy atom. The van der Waals surface area contributed by atoms with Crippen molar-refractivity contribution in [3.05, 3.63) is 0 Å². The lowest BCUT2D eigenvalue weighted by Crippen LogP contribution is -2.43. The van der Waals surface area contributed by atoms with E-state index in [1.807, 2.05) is 5.01 Å². The van der Waals surface area contributed by atoms with Crippen molar-refractivity contribution in [1.29, 1.82) is 0 Å². The van der Waals surface area contributed by atoms with Crippen LogP contribution in [-0.2, 0) is 4.74 Å². The zero-order valence-corrected chi connectivity index (χ0v) is 7.70. The van der Waals surface area contributed by atoms with Crippen molar-refractivity contribution in [3.8, 4) is 0 Å². The third-order valence-electron chi connectivity index (χ3n) is 3.36. The van der Waals surface area contributed by atoms with E-state index >= 15 is 0 Å². The first-order valence-corrected chi connectivity index (χ1v) is 4.85. The largest absolute Gasteiger partial charge is 0.383 e. The van der Waals surface area contributed by atoms with Crippen LogP contribution in [0, 0.1) is 5.92 Å². The molecule has 0 radical (unpaired) electrons. The summed E-state index contributed by atoms with van der Waals surface area (Å²) in [5.41, 5.74) is 0. The van der Waals surface area contributed by atoms with Crippen molar-refractivity contribution in [2.24, 2.45) is 11.8 Å². The Morgan fingerprint density at radius 3 is 3.00 bits per heavy atom. The molecule has 0 spiro atoms. The molecule has 1 saturated carbocycles. The number of hydrogen-bond donors (Lipinski definition) is 1. The van der Waals surface area contributed by atoms with Gasteiger partial charge in [0.1, 0.15) is 0 Å². The summed E-state index contributed by atoms with van der Waals surface area (Å²) in [5.74, 6) is 6.86. The Balaban J connectivity index is 1.96. The van der Waals surface area contributed by atoms with Crippen LogP contribution < -0.4 is 5.84 Å². The summed E-state index contributed by atoms with van der Waals surface area (Å²) >= 11 is 0.